The van der Waals surface area contributed by atoms with E-state index < -0.39 is 5.97 Å². The van der Waals surface area contributed by atoms with E-state index in [1.54, 1.807) is 11.3 Å². The number of aliphatic carboxylic acids is 1. The van der Waals surface area contributed by atoms with Gasteiger partial charge in [-0.15, -0.1) is 11.3 Å². The average molecular weight is 267 g/mol. The summed E-state index contributed by atoms with van der Waals surface area (Å²) in [6, 6.07) is 3.85. The Hall–Kier alpha value is -1.36. The lowest BCUT2D eigenvalue weighted by Crippen LogP contribution is -2.33. The first-order valence-electron chi connectivity index (χ1n) is 6.18. The van der Waals surface area contributed by atoms with Gasteiger partial charge in [-0.2, -0.15) is 0 Å². The van der Waals surface area contributed by atoms with Crippen molar-refractivity contribution in [2.45, 2.75) is 25.7 Å². The number of carbonyl (C=O) groups excluding carboxylic acids is 1. The quantitative estimate of drug-likeness (QED) is 0.856. The molecule has 2 unspecified atom stereocenters. The molecule has 2 rings (SSSR count). The summed E-state index contributed by atoms with van der Waals surface area (Å²) < 4.78 is 0. The lowest BCUT2D eigenvalue weighted by molar-refractivity contribution is -0.143. The molecule has 1 fully saturated rings. The topological polar surface area (TPSA) is 66.4 Å². The van der Waals surface area contributed by atoms with Crippen LogP contribution in [-0.2, 0) is 16.0 Å². The maximum Gasteiger partial charge on any atom is 0.306 e. The fourth-order valence-electron chi connectivity index (χ4n) is 2.49. The van der Waals surface area contributed by atoms with Crippen molar-refractivity contribution >= 4 is 23.2 Å². The number of carboxylic acids is 1. The van der Waals surface area contributed by atoms with E-state index in [4.69, 9.17) is 5.11 Å². The Morgan fingerprint density at radius 2 is 2.28 bits per heavy atom. The Balaban J connectivity index is 1.77. The second-order valence-corrected chi connectivity index (χ2v) is 5.73. The smallest absolute Gasteiger partial charge is 0.306 e. The normalized spacial score (nSPS) is 22.9. The van der Waals surface area contributed by atoms with E-state index in [1.165, 1.54) is 0 Å². The number of rotatable bonds is 5. The van der Waals surface area contributed by atoms with Gasteiger partial charge in [-0.05, 0) is 30.2 Å². The summed E-state index contributed by atoms with van der Waals surface area (Å²) in [5.41, 5.74) is 0. The van der Waals surface area contributed by atoms with Gasteiger partial charge < -0.3 is 10.4 Å². The summed E-state index contributed by atoms with van der Waals surface area (Å²) in [7, 11) is 0. The van der Waals surface area contributed by atoms with Gasteiger partial charge in [0.15, 0.2) is 0 Å². The molecule has 1 aromatic heterocycles. The molecule has 5 heteroatoms. The fourth-order valence-corrected chi connectivity index (χ4v) is 3.19. The maximum atomic E-state index is 11.7. The third-order valence-electron chi connectivity index (χ3n) is 3.45. The molecule has 0 aromatic carbocycles. The number of hydrogen-bond acceptors (Lipinski definition) is 3. The average Bonchev–Trinajstić information content (AvgIpc) is 2.96. The van der Waals surface area contributed by atoms with E-state index in [0.717, 1.165) is 24.1 Å². The van der Waals surface area contributed by atoms with Crippen molar-refractivity contribution in [2.24, 2.45) is 11.8 Å². The first-order chi connectivity index (χ1) is 8.66. The van der Waals surface area contributed by atoms with Crippen LogP contribution in [0.3, 0.4) is 0 Å². The second-order valence-electron chi connectivity index (χ2n) is 4.70. The summed E-state index contributed by atoms with van der Waals surface area (Å²) in [6.07, 6.45) is 2.97. The number of carboxylic acid groups (broad SMARTS) is 1. The molecule has 0 bridgehead atoms. The molecule has 0 saturated heterocycles. The Kier molecular flexibility index (Phi) is 4.36. The number of hydrogen-bond donors (Lipinski definition) is 2. The van der Waals surface area contributed by atoms with Gasteiger partial charge in [0, 0.05) is 11.4 Å². The number of amides is 1. The molecule has 1 saturated carbocycles. The van der Waals surface area contributed by atoms with Crippen LogP contribution in [0.1, 0.15) is 24.1 Å². The maximum absolute atomic E-state index is 11.7. The molecule has 0 spiro atoms. The van der Waals surface area contributed by atoms with E-state index in [-0.39, 0.29) is 17.7 Å². The van der Waals surface area contributed by atoms with E-state index in [1.807, 2.05) is 17.5 Å². The van der Waals surface area contributed by atoms with Gasteiger partial charge in [0.1, 0.15) is 0 Å². The van der Waals surface area contributed by atoms with Crippen LogP contribution in [0.4, 0.5) is 0 Å². The largest absolute Gasteiger partial charge is 0.481 e. The summed E-state index contributed by atoms with van der Waals surface area (Å²) in [5.74, 6) is -0.944. The van der Waals surface area contributed by atoms with Crippen molar-refractivity contribution in [3.8, 4) is 0 Å². The highest BCUT2D eigenvalue weighted by molar-refractivity contribution is 7.10. The van der Waals surface area contributed by atoms with Crippen LogP contribution in [0.2, 0.25) is 0 Å². The summed E-state index contributed by atoms with van der Waals surface area (Å²) in [4.78, 5) is 23.7. The summed E-state index contributed by atoms with van der Waals surface area (Å²) >= 11 is 1.56. The van der Waals surface area contributed by atoms with E-state index in [2.05, 4.69) is 5.32 Å². The zero-order valence-electron chi connectivity index (χ0n) is 10.1. The minimum Gasteiger partial charge on any atom is -0.481 e. The number of nitrogens with one attached hydrogen (secondary N) is 1. The molecular weight excluding hydrogens is 250 g/mol. The van der Waals surface area contributed by atoms with Crippen molar-refractivity contribution in [3.05, 3.63) is 22.4 Å². The standard InChI is InChI=1S/C13H17NO3S/c15-12(7-10-4-2-6-18-10)14-8-9-3-1-5-11(9)13(16)17/h2,4,6,9,11H,1,3,5,7-8H2,(H,14,15)(H,16,17). The van der Waals surface area contributed by atoms with Gasteiger partial charge in [-0.25, -0.2) is 0 Å². The van der Waals surface area contributed by atoms with Gasteiger partial charge >= 0.3 is 5.97 Å². The van der Waals surface area contributed by atoms with Crippen molar-refractivity contribution in [1.29, 1.82) is 0 Å². The lowest BCUT2D eigenvalue weighted by atomic mass is 9.96. The Bertz CT molecular complexity index is 416. The minimum absolute atomic E-state index is 0.0199. The Labute approximate surface area is 110 Å². The van der Waals surface area contributed by atoms with Crippen molar-refractivity contribution in [1.82, 2.24) is 5.32 Å². The van der Waals surface area contributed by atoms with E-state index in [0.29, 0.717) is 13.0 Å². The van der Waals surface area contributed by atoms with Gasteiger partial charge in [0.05, 0.1) is 12.3 Å². The highest BCUT2D eigenvalue weighted by atomic mass is 32.1. The molecule has 0 aliphatic heterocycles. The van der Waals surface area contributed by atoms with Crippen molar-refractivity contribution < 1.29 is 14.7 Å². The second kappa shape index (κ2) is 6.00. The third-order valence-corrected chi connectivity index (χ3v) is 4.33. The van der Waals surface area contributed by atoms with Gasteiger partial charge in [0.25, 0.3) is 0 Å². The Morgan fingerprint density at radius 1 is 1.44 bits per heavy atom. The van der Waals surface area contributed by atoms with Crippen LogP contribution in [0.15, 0.2) is 17.5 Å². The highest BCUT2D eigenvalue weighted by Crippen LogP contribution is 2.31. The van der Waals surface area contributed by atoms with Gasteiger partial charge in [-0.3, -0.25) is 9.59 Å². The molecule has 0 radical (unpaired) electrons. The fraction of sp³-hybridized carbons (Fsp3) is 0.538. The van der Waals surface area contributed by atoms with Crippen LogP contribution in [0, 0.1) is 11.8 Å². The molecule has 1 aliphatic carbocycles. The molecule has 1 aromatic rings. The van der Waals surface area contributed by atoms with Crippen molar-refractivity contribution in [2.75, 3.05) is 6.54 Å². The molecule has 4 nitrogen and oxygen atoms in total. The van der Waals surface area contributed by atoms with Crippen LogP contribution in [0.5, 0.6) is 0 Å². The number of carbonyl (C=O) groups is 2. The Morgan fingerprint density at radius 3 is 2.94 bits per heavy atom. The molecule has 18 heavy (non-hydrogen) atoms. The number of thiophene rings is 1. The molecule has 2 atom stereocenters. The molecular formula is C13H17NO3S. The summed E-state index contributed by atoms with van der Waals surface area (Å²) in [5, 5.41) is 13.8. The minimum atomic E-state index is -0.731. The predicted molar refractivity (Wildman–Crippen MR) is 69.5 cm³/mol. The zero-order chi connectivity index (χ0) is 13.0. The molecule has 2 N–H and O–H groups in total. The van der Waals surface area contributed by atoms with Crippen LogP contribution >= 0.6 is 11.3 Å². The van der Waals surface area contributed by atoms with Gasteiger partial charge in [0.2, 0.25) is 5.91 Å². The summed E-state index contributed by atoms with van der Waals surface area (Å²) in [6.45, 7) is 0.487. The first-order valence-corrected chi connectivity index (χ1v) is 7.06. The molecule has 98 valence electrons. The first kappa shape index (κ1) is 13.1. The predicted octanol–water partition coefficient (Wildman–Crippen LogP) is 1.91. The SMILES string of the molecule is O=C(Cc1cccs1)NCC1CCCC1C(=O)O. The van der Waals surface area contributed by atoms with E-state index >= 15 is 0 Å². The monoisotopic (exact) mass is 267 g/mol. The van der Waals surface area contributed by atoms with Crippen LogP contribution in [-0.4, -0.2) is 23.5 Å². The molecule has 1 aliphatic rings. The van der Waals surface area contributed by atoms with Crippen molar-refractivity contribution in [3.63, 3.8) is 0 Å². The third kappa shape index (κ3) is 3.32. The van der Waals surface area contributed by atoms with Crippen LogP contribution in [0.25, 0.3) is 0 Å². The van der Waals surface area contributed by atoms with Gasteiger partial charge in [-0.1, -0.05) is 12.5 Å². The molecule has 1 amide bonds. The zero-order valence-corrected chi connectivity index (χ0v) is 10.9. The molecule has 1 heterocycles. The van der Waals surface area contributed by atoms with Crippen LogP contribution < -0.4 is 5.32 Å². The van der Waals surface area contributed by atoms with E-state index in [9.17, 15) is 9.59 Å². The highest BCUT2D eigenvalue weighted by Gasteiger charge is 2.32. The lowest BCUT2D eigenvalue weighted by Gasteiger charge is -2.16.